The molecule has 0 aliphatic heterocycles. The van der Waals surface area contributed by atoms with Gasteiger partial charge in [-0.05, 0) is 31.4 Å². The van der Waals surface area contributed by atoms with E-state index in [0.717, 1.165) is 36.4 Å². The molecule has 2 atom stereocenters. The smallest absolute Gasteiger partial charge is 0.142 e. The van der Waals surface area contributed by atoms with Gasteiger partial charge in [-0.25, -0.2) is 0 Å². The number of ether oxygens (including phenoxy) is 2. The summed E-state index contributed by atoms with van der Waals surface area (Å²) in [6.07, 6.45) is 2.64. The summed E-state index contributed by atoms with van der Waals surface area (Å²) in [5, 5.41) is 13.1. The minimum Gasteiger partial charge on any atom is -0.497 e. The number of methoxy groups -OCH3 is 2. The molecule has 4 nitrogen and oxygen atoms in total. The van der Waals surface area contributed by atoms with E-state index in [-0.39, 0.29) is 12.1 Å². The molecule has 2 N–H and O–H groups in total. The van der Waals surface area contributed by atoms with Crippen molar-refractivity contribution in [1.82, 2.24) is 0 Å². The third-order valence-corrected chi connectivity index (χ3v) is 3.23. The topological polar surface area (TPSA) is 50.7 Å². The maximum Gasteiger partial charge on any atom is 0.142 e. The molecule has 1 aromatic rings. The van der Waals surface area contributed by atoms with Gasteiger partial charge < -0.3 is 19.9 Å². The SMILES string of the molecule is COc1ccc(OC)c(NC2CCCC2O)c1. The molecular formula is C13H19NO3. The van der Waals surface area contributed by atoms with Crippen molar-refractivity contribution >= 4 is 5.69 Å². The fourth-order valence-corrected chi connectivity index (χ4v) is 2.24. The normalized spacial score (nSPS) is 23.5. The fraction of sp³-hybridized carbons (Fsp3) is 0.538. The van der Waals surface area contributed by atoms with Crippen LogP contribution < -0.4 is 14.8 Å². The van der Waals surface area contributed by atoms with E-state index < -0.39 is 0 Å². The summed E-state index contributed by atoms with van der Waals surface area (Å²) in [7, 11) is 3.27. The highest BCUT2D eigenvalue weighted by Gasteiger charge is 2.25. The van der Waals surface area contributed by atoms with Crippen LogP contribution in [0.5, 0.6) is 11.5 Å². The van der Waals surface area contributed by atoms with Gasteiger partial charge in [0.2, 0.25) is 0 Å². The molecule has 1 fully saturated rings. The fourth-order valence-electron chi connectivity index (χ4n) is 2.24. The monoisotopic (exact) mass is 237 g/mol. The second-order valence-corrected chi connectivity index (χ2v) is 4.32. The Hall–Kier alpha value is -1.42. The third kappa shape index (κ3) is 2.64. The van der Waals surface area contributed by atoms with Crippen LogP contribution in [0.4, 0.5) is 5.69 Å². The molecule has 2 unspecified atom stereocenters. The first kappa shape index (κ1) is 12.0. The van der Waals surface area contributed by atoms with Crippen LogP contribution in [-0.4, -0.2) is 31.5 Å². The molecule has 94 valence electrons. The van der Waals surface area contributed by atoms with Gasteiger partial charge >= 0.3 is 0 Å². The van der Waals surface area contributed by atoms with Crippen molar-refractivity contribution in [1.29, 1.82) is 0 Å². The van der Waals surface area contributed by atoms with Crippen molar-refractivity contribution in [2.24, 2.45) is 0 Å². The summed E-state index contributed by atoms with van der Waals surface area (Å²) in [5.74, 6) is 1.55. The van der Waals surface area contributed by atoms with E-state index in [2.05, 4.69) is 5.32 Å². The molecular weight excluding hydrogens is 218 g/mol. The molecule has 1 saturated carbocycles. The average molecular weight is 237 g/mol. The standard InChI is InChI=1S/C13H19NO3/c1-16-9-6-7-13(17-2)11(8-9)14-10-4-3-5-12(10)15/h6-8,10,12,14-15H,3-5H2,1-2H3. The maximum atomic E-state index is 9.81. The van der Waals surface area contributed by atoms with Crippen molar-refractivity contribution in [3.05, 3.63) is 18.2 Å². The highest BCUT2D eigenvalue weighted by molar-refractivity contribution is 5.60. The first-order chi connectivity index (χ1) is 8.24. The van der Waals surface area contributed by atoms with Gasteiger partial charge in [-0.15, -0.1) is 0 Å². The summed E-state index contributed by atoms with van der Waals surface area (Å²) in [6, 6.07) is 5.72. The van der Waals surface area contributed by atoms with Crippen LogP contribution in [0.3, 0.4) is 0 Å². The molecule has 0 heterocycles. The third-order valence-electron chi connectivity index (χ3n) is 3.23. The van der Waals surface area contributed by atoms with Crippen molar-refractivity contribution in [2.75, 3.05) is 19.5 Å². The summed E-state index contributed by atoms with van der Waals surface area (Å²) in [4.78, 5) is 0. The van der Waals surface area contributed by atoms with E-state index in [4.69, 9.17) is 9.47 Å². The van der Waals surface area contributed by atoms with Crippen LogP contribution in [0.25, 0.3) is 0 Å². The highest BCUT2D eigenvalue weighted by atomic mass is 16.5. The van der Waals surface area contributed by atoms with Gasteiger partial charge in [0.25, 0.3) is 0 Å². The van der Waals surface area contributed by atoms with Crippen LogP contribution in [0, 0.1) is 0 Å². The maximum absolute atomic E-state index is 9.81. The second kappa shape index (κ2) is 5.27. The average Bonchev–Trinajstić information content (AvgIpc) is 2.75. The zero-order chi connectivity index (χ0) is 12.3. The van der Waals surface area contributed by atoms with Crippen LogP contribution in [0.1, 0.15) is 19.3 Å². The summed E-state index contributed by atoms with van der Waals surface area (Å²) >= 11 is 0. The van der Waals surface area contributed by atoms with E-state index in [9.17, 15) is 5.11 Å². The van der Waals surface area contributed by atoms with Gasteiger partial charge in [0.15, 0.2) is 0 Å². The van der Waals surface area contributed by atoms with Gasteiger partial charge in [-0.1, -0.05) is 0 Å². The Morgan fingerprint density at radius 2 is 2.06 bits per heavy atom. The lowest BCUT2D eigenvalue weighted by Gasteiger charge is -2.20. The quantitative estimate of drug-likeness (QED) is 0.841. The van der Waals surface area contributed by atoms with E-state index in [1.165, 1.54) is 0 Å². The lowest BCUT2D eigenvalue weighted by atomic mass is 10.2. The van der Waals surface area contributed by atoms with Gasteiger partial charge in [0.1, 0.15) is 11.5 Å². The molecule has 0 spiro atoms. The summed E-state index contributed by atoms with van der Waals surface area (Å²) in [5.41, 5.74) is 0.873. The van der Waals surface area contributed by atoms with Gasteiger partial charge in [0, 0.05) is 6.07 Å². The number of aliphatic hydroxyl groups is 1. The first-order valence-electron chi connectivity index (χ1n) is 5.91. The molecule has 0 amide bonds. The number of hydrogen-bond acceptors (Lipinski definition) is 4. The molecule has 1 aliphatic rings. The predicted octanol–water partition coefficient (Wildman–Crippen LogP) is 2.03. The Balaban J connectivity index is 2.17. The number of rotatable bonds is 4. The second-order valence-electron chi connectivity index (χ2n) is 4.32. The van der Waals surface area contributed by atoms with E-state index in [0.29, 0.717) is 0 Å². The predicted molar refractivity (Wildman–Crippen MR) is 66.8 cm³/mol. The van der Waals surface area contributed by atoms with Crippen molar-refractivity contribution in [2.45, 2.75) is 31.4 Å². The summed E-state index contributed by atoms with van der Waals surface area (Å²) < 4.78 is 10.5. The molecule has 4 heteroatoms. The van der Waals surface area contributed by atoms with Crippen molar-refractivity contribution in [3.8, 4) is 11.5 Å². The van der Waals surface area contributed by atoms with Crippen molar-refractivity contribution < 1.29 is 14.6 Å². The van der Waals surface area contributed by atoms with E-state index in [1.807, 2.05) is 18.2 Å². The van der Waals surface area contributed by atoms with E-state index >= 15 is 0 Å². The van der Waals surface area contributed by atoms with Crippen LogP contribution >= 0.6 is 0 Å². The lowest BCUT2D eigenvalue weighted by molar-refractivity contribution is 0.171. The number of nitrogens with one attached hydrogen (secondary N) is 1. The van der Waals surface area contributed by atoms with Crippen LogP contribution in [0.2, 0.25) is 0 Å². The van der Waals surface area contributed by atoms with E-state index in [1.54, 1.807) is 14.2 Å². The zero-order valence-corrected chi connectivity index (χ0v) is 10.3. The zero-order valence-electron chi connectivity index (χ0n) is 10.3. The lowest BCUT2D eigenvalue weighted by Crippen LogP contribution is -2.28. The Morgan fingerprint density at radius 1 is 1.24 bits per heavy atom. The summed E-state index contributed by atoms with van der Waals surface area (Å²) in [6.45, 7) is 0. The molecule has 1 aromatic carbocycles. The minimum absolute atomic E-state index is 0.107. The van der Waals surface area contributed by atoms with Crippen molar-refractivity contribution in [3.63, 3.8) is 0 Å². The van der Waals surface area contributed by atoms with Gasteiger partial charge in [-0.2, -0.15) is 0 Å². The molecule has 1 aliphatic carbocycles. The molecule has 0 saturated heterocycles. The number of hydrogen-bond donors (Lipinski definition) is 2. The number of benzene rings is 1. The Morgan fingerprint density at radius 3 is 2.65 bits per heavy atom. The molecule has 0 aromatic heterocycles. The molecule has 0 radical (unpaired) electrons. The number of anilines is 1. The van der Waals surface area contributed by atoms with Crippen LogP contribution in [0.15, 0.2) is 18.2 Å². The molecule has 2 rings (SSSR count). The Kier molecular flexibility index (Phi) is 3.74. The first-order valence-corrected chi connectivity index (χ1v) is 5.91. The van der Waals surface area contributed by atoms with Gasteiger partial charge in [-0.3, -0.25) is 0 Å². The molecule has 17 heavy (non-hydrogen) atoms. The largest absolute Gasteiger partial charge is 0.497 e. The Labute approximate surface area is 102 Å². The number of aliphatic hydroxyl groups excluding tert-OH is 1. The van der Waals surface area contributed by atoms with Crippen LogP contribution in [-0.2, 0) is 0 Å². The highest BCUT2D eigenvalue weighted by Crippen LogP contribution is 2.32. The molecule has 0 bridgehead atoms. The van der Waals surface area contributed by atoms with Gasteiger partial charge in [0.05, 0.1) is 32.1 Å². The Bertz CT molecular complexity index is 381. The minimum atomic E-state index is -0.272.